The minimum absolute atomic E-state index is 0.237. The van der Waals surface area contributed by atoms with Crippen LogP contribution in [0.25, 0.3) is 0 Å². The first-order chi connectivity index (χ1) is 18.4. The molecule has 1 N–H and O–H groups in total. The van der Waals surface area contributed by atoms with Gasteiger partial charge in [0.05, 0.1) is 10.6 Å². The van der Waals surface area contributed by atoms with Gasteiger partial charge >= 0.3 is 0 Å². The molecular weight excluding hydrogens is 569 g/mol. The number of carbonyl (C=O) groups is 1. The van der Waals surface area contributed by atoms with Gasteiger partial charge in [-0.25, -0.2) is 9.37 Å². The number of nitrogens with zero attached hydrogens (tertiary/aromatic N) is 4. The Labute approximate surface area is 236 Å². The molecular formula is C29H32BrClFN5O. The highest BCUT2D eigenvalue weighted by Crippen LogP contribution is 2.27. The molecule has 200 valence electrons. The predicted molar refractivity (Wildman–Crippen MR) is 153 cm³/mol. The van der Waals surface area contributed by atoms with Crippen LogP contribution in [0.3, 0.4) is 0 Å². The topological polar surface area (TPSA) is 51.7 Å². The summed E-state index contributed by atoms with van der Waals surface area (Å²) in [4.78, 5) is 24.5. The molecule has 1 aromatic heterocycles. The number of piperidine rings is 1. The lowest BCUT2D eigenvalue weighted by molar-refractivity contribution is 0.0950. The van der Waals surface area contributed by atoms with Crippen molar-refractivity contribution >= 4 is 39.3 Å². The number of anilines is 1. The molecule has 6 nitrogen and oxygen atoms in total. The summed E-state index contributed by atoms with van der Waals surface area (Å²) in [5.74, 6) is 0.108. The Balaban J connectivity index is 1.08. The summed E-state index contributed by atoms with van der Waals surface area (Å²) in [5.41, 5.74) is 2.45. The number of piperazine rings is 1. The Bertz CT molecular complexity index is 1240. The van der Waals surface area contributed by atoms with Gasteiger partial charge in [-0.2, -0.15) is 0 Å². The largest absolute Gasteiger partial charge is 0.353 e. The molecule has 0 spiro atoms. The normalized spacial score (nSPS) is 17.5. The molecule has 5 rings (SSSR count). The number of carbonyl (C=O) groups excluding carboxylic acids is 1. The first-order valence-electron chi connectivity index (χ1n) is 13.1. The van der Waals surface area contributed by atoms with Crippen LogP contribution in [-0.2, 0) is 13.1 Å². The molecule has 0 saturated carbocycles. The molecule has 2 aliphatic rings. The summed E-state index contributed by atoms with van der Waals surface area (Å²) in [6.45, 7) is 7.16. The second kappa shape index (κ2) is 12.6. The number of aromatic nitrogens is 1. The lowest BCUT2D eigenvalue weighted by atomic mass is 10.0. The molecule has 0 aliphatic carbocycles. The lowest BCUT2D eigenvalue weighted by Gasteiger charge is -2.43. The third kappa shape index (κ3) is 6.91. The highest BCUT2D eigenvalue weighted by Gasteiger charge is 2.28. The SMILES string of the molecule is O=C(NCc1cccc(F)c1)c1cnc(N2CCN(C3CCN(Cc4ccc(Br)cc4)CC3)CC2)c(Cl)c1. The van der Waals surface area contributed by atoms with E-state index < -0.39 is 0 Å². The third-order valence-corrected chi connectivity index (χ3v) is 8.24. The summed E-state index contributed by atoms with van der Waals surface area (Å²) >= 11 is 10.1. The van der Waals surface area contributed by atoms with Gasteiger partial charge in [0.15, 0.2) is 0 Å². The van der Waals surface area contributed by atoms with Crippen molar-refractivity contribution in [3.8, 4) is 0 Å². The smallest absolute Gasteiger partial charge is 0.253 e. The van der Waals surface area contributed by atoms with E-state index in [4.69, 9.17) is 11.6 Å². The van der Waals surface area contributed by atoms with Gasteiger partial charge in [-0.05, 0) is 67.4 Å². The van der Waals surface area contributed by atoms with E-state index in [2.05, 4.69) is 65.2 Å². The number of amides is 1. The summed E-state index contributed by atoms with van der Waals surface area (Å²) in [6.07, 6.45) is 3.94. The van der Waals surface area contributed by atoms with E-state index in [1.165, 1.54) is 30.5 Å². The van der Waals surface area contributed by atoms with E-state index in [9.17, 15) is 9.18 Å². The Morgan fingerprint density at radius 1 is 1.00 bits per heavy atom. The summed E-state index contributed by atoms with van der Waals surface area (Å²) in [5, 5.41) is 3.27. The molecule has 0 radical (unpaired) electrons. The van der Waals surface area contributed by atoms with Crippen molar-refractivity contribution in [2.45, 2.75) is 32.0 Å². The molecule has 2 fully saturated rings. The van der Waals surface area contributed by atoms with Crippen LogP contribution in [0.5, 0.6) is 0 Å². The molecule has 1 amide bonds. The number of halogens is 3. The van der Waals surface area contributed by atoms with Crippen LogP contribution < -0.4 is 10.2 Å². The van der Waals surface area contributed by atoms with Gasteiger partial charge in [-0.15, -0.1) is 0 Å². The van der Waals surface area contributed by atoms with Crippen LogP contribution in [0, 0.1) is 5.82 Å². The van der Waals surface area contributed by atoms with Crippen molar-refractivity contribution in [2.24, 2.45) is 0 Å². The molecule has 38 heavy (non-hydrogen) atoms. The highest BCUT2D eigenvalue weighted by atomic mass is 79.9. The first kappa shape index (κ1) is 27.1. The predicted octanol–water partition coefficient (Wildman–Crippen LogP) is 5.35. The van der Waals surface area contributed by atoms with E-state index in [1.54, 1.807) is 24.4 Å². The van der Waals surface area contributed by atoms with Crippen LogP contribution in [0.1, 0.15) is 34.3 Å². The van der Waals surface area contributed by atoms with Crippen molar-refractivity contribution in [2.75, 3.05) is 44.2 Å². The second-order valence-electron chi connectivity index (χ2n) is 10.00. The van der Waals surface area contributed by atoms with Gasteiger partial charge in [-0.1, -0.05) is 51.8 Å². The average molecular weight is 601 g/mol. The zero-order chi connectivity index (χ0) is 26.5. The molecule has 0 atom stereocenters. The zero-order valence-corrected chi connectivity index (χ0v) is 23.6. The molecule has 0 unspecified atom stereocenters. The Hall–Kier alpha value is -2.52. The zero-order valence-electron chi connectivity index (χ0n) is 21.3. The minimum atomic E-state index is -0.326. The number of benzene rings is 2. The fraction of sp³-hybridized carbons (Fsp3) is 0.379. The third-order valence-electron chi connectivity index (χ3n) is 7.43. The molecule has 3 aromatic rings. The maximum Gasteiger partial charge on any atom is 0.253 e. The van der Waals surface area contributed by atoms with Gasteiger partial charge in [0.1, 0.15) is 11.6 Å². The summed E-state index contributed by atoms with van der Waals surface area (Å²) < 4.78 is 14.5. The minimum Gasteiger partial charge on any atom is -0.353 e. The maximum absolute atomic E-state index is 13.4. The van der Waals surface area contributed by atoms with E-state index >= 15 is 0 Å². The molecule has 9 heteroatoms. The number of hydrogen-bond donors (Lipinski definition) is 1. The van der Waals surface area contributed by atoms with Gasteiger partial charge in [0.25, 0.3) is 5.91 Å². The molecule has 2 saturated heterocycles. The monoisotopic (exact) mass is 599 g/mol. The quantitative estimate of drug-likeness (QED) is 0.396. The van der Waals surface area contributed by atoms with Gasteiger partial charge in [0.2, 0.25) is 0 Å². The molecule has 0 bridgehead atoms. The Kier molecular flexibility index (Phi) is 8.94. The lowest BCUT2D eigenvalue weighted by Crippen LogP contribution is -2.53. The second-order valence-corrected chi connectivity index (χ2v) is 11.3. The number of hydrogen-bond acceptors (Lipinski definition) is 5. The standard InChI is InChI=1S/C29H32BrClFN5O/c30-24-6-4-21(5-7-24)20-35-10-8-26(9-11-35)36-12-14-37(15-13-36)28-27(31)17-23(19-33-28)29(38)34-18-22-2-1-3-25(32)16-22/h1-7,16-17,19,26H,8-15,18,20H2,(H,34,38). The summed E-state index contributed by atoms with van der Waals surface area (Å²) in [6, 6.07) is 17.1. The number of pyridine rings is 1. The fourth-order valence-corrected chi connectivity index (χ4v) is 5.86. The van der Waals surface area contributed by atoms with E-state index in [-0.39, 0.29) is 18.3 Å². The fourth-order valence-electron chi connectivity index (χ4n) is 5.31. The van der Waals surface area contributed by atoms with Crippen molar-refractivity contribution < 1.29 is 9.18 Å². The van der Waals surface area contributed by atoms with E-state index in [0.29, 0.717) is 22.2 Å². The number of nitrogens with one attached hydrogen (secondary N) is 1. The maximum atomic E-state index is 13.4. The van der Waals surface area contributed by atoms with E-state index in [1.807, 2.05) is 0 Å². The first-order valence-corrected chi connectivity index (χ1v) is 14.3. The van der Waals surface area contributed by atoms with Crippen LogP contribution in [-0.4, -0.2) is 66.0 Å². The average Bonchev–Trinajstić information content (AvgIpc) is 2.93. The van der Waals surface area contributed by atoms with Crippen molar-refractivity contribution in [3.63, 3.8) is 0 Å². The van der Waals surface area contributed by atoms with Crippen molar-refractivity contribution in [1.29, 1.82) is 0 Å². The highest BCUT2D eigenvalue weighted by molar-refractivity contribution is 9.10. The molecule has 2 aromatic carbocycles. The van der Waals surface area contributed by atoms with Crippen molar-refractivity contribution in [3.05, 3.63) is 92.8 Å². The summed E-state index contributed by atoms with van der Waals surface area (Å²) in [7, 11) is 0. The van der Waals surface area contributed by atoms with E-state index in [0.717, 1.165) is 56.1 Å². The van der Waals surface area contributed by atoms with Crippen LogP contribution in [0.4, 0.5) is 10.2 Å². The van der Waals surface area contributed by atoms with Crippen LogP contribution in [0.15, 0.2) is 65.3 Å². The Morgan fingerprint density at radius 2 is 1.74 bits per heavy atom. The van der Waals surface area contributed by atoms with Crippen LogP contribution >= 0.6 is 27.5 Å². The van der Waals surface area contributed by atoms with Crippen LogP contribution in [0.2, 0.25) is 5.02 Å². The van der Waals surface area contributed by atoms with Gasteiger partial charge < -0.3 is 10.2 Å². The number of likely N-dealkylation sites (tertiary alicyclic amines) is 1. The van der Waals surface area contributed by atoms with Gasteiger partial charge in [0, 0.05) is 56.0 Å². The van der Waals surface area contributed by atoms with Crippen molar-refractivity contribution in [1.82, 2.24) is 20.1 Å². The van der Waals surface area contributed by atoms with Gasteiger partial charge in [-0.3, -0.25) is 14.6 Å². The Morgan fingerprint density at radius 3 is 2.42 bits per heavy atom. The molecule has 2 aliphatic heterocycles. The molecule has 3 heterocycles. The number of rotatable bonds is 7.